The molecule has 0 aliphatic rings. The van der Waals surface area contributed by atoms with Crippen LogP contribution in [-0.4, -0.2) is 47.3 Å². The monoisotopic (exact) mass is 645 g/mol. The van der Waals surface area contributed by atoms with Crippen molar-refractivity contribution in [2.24, 2.45) is 11.3 Å². The highest BCUT2D eigenvalue weighted by Crippen LogP contribution is 2.29. The van der Waals surface area contributed by atoms with Gasteiger partial charge in [-0.15, -0.1) is 0 Å². The van der Waals surface area contributed by atoms with Gasteiger partial charge in [-0.2, -0.15) is 0 Å². The van der Waals surface area contributed by atoms with Gasteiger partial charge in [0.1, 0.15) is 5.92 Å². The molecule has 10 heteroatoms. The zero-order chi connectivity index (χ0) is 34.3. The van der Waals surface area contributed by atoms with E-state index in [0.29, 0.717) is 52.9 Å². The fourth-order valence-corrected chi connectivity index (χ4v) is 5.95. The van der Waals surface area contributed by atoms with Crippen molar-refractivity contribution in [2.75, 3.05) is 24.3 Å². The Balaban J connectivity index is 1.36. The number of rotatable bonds is 12. The van der Waals surface area contributed by atoms with Gasteiger partial charge in [-0.3, -0.25) is 29.1 Å². The van der Waals surface area contributed by atoms with Crippen molar-refractivity contribution in [3.8, 4) is 0 Å². The number of carbonyl (C=O) groups is 4. The fourth-order valence-electron chi connectivity index (χ4n) is 5.95. The van der Waals surface area contributed by atoms with Crippen molar-refractivity contribution < 1.29 is 23.9 Å². The van der Waals surface area contributed by atoms with Gasteiger partial charge in [0.15, 0.2) is 0 Å². The SMILES string of the molecule is COC(=O)CC(C)CC(C)(C)CNC(=O)c1ccc(C(C(=O)Nc2cccc3cccnc23)C(=O)Nc2cccc3cccnc23)cc1. The molecular weight excluding hydrogens is 606 g/mol. The summed E-state index contributed by atoms with van der Waals surface area (Å²) in [5, 5.41) is 10.5. The third kappa shape index (κ3) is 8.19. The number of hydrogen-bond acceptors (Lipinski definition) is 7. The van der Waals surface area contributed by atoms with E-state index in [2.05, 4.69) is 25.9 Å². The lowest BCUT2D eigenvalue weighted by Gasteiger charge is -2.28. The van der Waals surface area contributed by atoms with Gasteiger partial charge in [0.25, 0.3) is 5.91 Å². The van der Waals surface area contributed by atoms with Crippen LogP contribution in [0.2, 0.25) is 0 Å². The van der Waals surface area contributed by atoms with Crippen molar-refractivity contribution in [2.45, 2.75) is 39.5 Å². The summed E-state index contributed by atoms with van der Waals surface area (Å²) in [5.41, 5.74) is 2.66. The van der Waals surface area contributed by atoms with Crippen molar-refractivity contribution in [3.63, 3.8) is 0 Å². The average molecular weight is 646 g/mol. The minimum atomic E-state index is -1.27. The molecule has 10 nitrogen and oxygen atoms in total. The van der Waals surface area contributed by atoms with Gasteiger partial charge in [0.05, 0.1) is 29.5 Å². The number of aromatic nitrogens is 2. The van der Waals surface area contributed by atoms with E-state index in [1.54, 1.807) is 48.8 Å². The minimum absolute atomic E-state index is 0.0900. The Kier molecular flexibility index (Phi) is 10.4. The van der Waals surface area contributed by atoms with Crippen LogP contribution in [0.5, 0.6) is 0 Å². The largest absolute Gasteiger partial charge is 0.469 e. The zero-order valence-corrected chi connectivity index (χ0v) is 27.4. The number of anilines is 2. The van der Waals surface area contributed by atoms with Crippen LogP contribution < -0.4 is 16.0 Å². The van der Waals surface area contributed by atoms with E-state index in [1.165, 1.54) is 7.11 Å². The lowest BCUT2D eigenvalue weighted by molar-refractivity contribution is -0.141. The van der Waals surface area contributed by atoms with Crippen LogP contribution in [0.1, 0.15) is 55.5 Å². The molecule has 0 bridgehead atoms. The number of methoxy groups -OCH3 is 1. The van der Waals surface area contributed by atoms with Crippen LogP contribution in [0.3, 0.4) is 0 Å². The first kappa shape index (κ1) is 33.7. The maximum atomic E-state index is 13.9. The Morgan fingerprint density at radius 2 is 1.27 bits per heavy atom. The standard InChI is InChI=1S/C38H39N5O5/c1-24(21-31(44)48-4)22-38(2,3)23-41-35(45)28-17-15-25(16-18-28)32(36(46)42-29-13-5-9-26-11-7-19-39-33(26)29)37(47)43-30-14-6-10-27-12-8-20-40-34(27)30/h5-20,24,32H,21-23H2,1-4H3,(H,41,45)(H,42,46)(H,43,47). The summed E-state index contributed by atoms with van der Waals surface area (Å²) >= 11 is 0. The molecule has 1 atom stereocenters. The molecule has 0 spiro atoms. The third-order valence-electron chi connectivity index (χ3n) is 8.18. The van der Waals surface area contributed by atoms with Gasteiger partial charge in [-0.05, 0) is 59.7 Å². The Hall–Kier alpha value is -5.64. The van der Waals surface area contributed by atoms with Gasteiger partial charge in [-0.25, -0.2) is 0 Å². The molecule has 0 saturated carbocycles. The number of pyridine rings is 2. The molecule has 0 fully saturated rings. The maximum Gasteiger partial charge on any atom is 0.305 e. The smallest absolute Gasteiger partial charge is 0.305 e. The van der Waals surface area contributed by atoms with Crippen molar-refractivity contribution in [1.82, 2.24) is 15.3 Å². The van der Waals surface area contributed by atoms with Crippen LogP contribution in [0.15, 0.2) is 97.3 Å². The second-order valence-corrected chi connectivity index (χ2v) is 12.7. The van der Waals surface area contributed by atoms with Crippen molar-refractivity contribution >= 4 is 56.9 Å². The number of nitrogens with zero attached hydrogens (tertiary/aromatic N) is 2. The topological polar surface area (TPSA) is 139 Å². The van der Waals surface area contributed by atoms with Crippen LogP contribution in [0.25, 0.3) is 21.8 Å². The number of ether oxygens (including phenoxy) is 1. The first-order valence-corrected chi connectivity index (χ1v) is 15.8. The summed E-state index contributed by atoms with van der Waals surface area (Å²) in [4.78, 5) is 61.5. The molecule has 0 radical (unpaired) electrons. The summed E-state index contributed by atoms with van der Waals surface area (Å²) in [6.07, 6.45) is 4.31. The molecule has 2 aromatic heterocycles. The normalized spacial score (nSPS) is 12.0. The number of hydrogen-bond donors (Lipinski definition) is 3. The molecule has 2 heterocycles. The molecule has 5 rings (SSSR count). The summed E-state index contributed by atoms with van der Waals surface area (Å²) in [6, 6.07) is 24.7. The van der Waals surface area contributed by atoms with E-state index >= 15 is 0 Å². The number of para-hydroxylation sites is 2. The highest BCUT2D eigenvalue weighted by Gasteiger charge is 2.30. The molecule has 48 heavy (non-hydrogen) atoms. The number of amides is 3. The highest BCUT2D eigenvalue weighted by molar-refractivity contribution is 6.17. The number of benzene rings is 3. The summed E-state index contributed by atoms with van der Waals surface area (Å²) < 4.78 is 4.78. The molecular formula is C38H39N5O5. The third-order valence-corrected chi connectivity index (χ3v) is 8.18. The second-order valence-electron chi connectivity index (χ2n) is 12.7. The second kappa shape index (κ2) is 14.8. The quantitative estimate of drug-likeness (QED) is 0.104. The van der Waals surface area contributed by atoms with Crippen LogP contribution in [0.4, 0.5) is 11.4 Å². The van der Waals surface area contributed by atoms with E-state index in [9.17, 15) is 19.2 Å². The minimum Gasteiger partial charge on any atom is -0.469 e. The lowest BCUT2D eigenvalue weighted by atomic mass is 9.82. The molecule has 3 N–H and O–H groups in total. The summed E-state index contributed by atoms with van der Waals surface area (Å²) in [5.74, 6) is -2.84. The van der Waals surface area contributed by atoms with Crippen molar-refractivity contribution in [1.29, 1.82) is 0 Å². The molecule has 0 aliphatic carbocycles. The van der Waals surface area contributed by atoms with Gasteiger partial charge in [0.2, 0.25) is 11.8 Å². The number of esters is 1. The first-order valence-electron chi connectivity index (χ1n) is 15.8. The van der Waals surface area contributed by atoms with Gasteiger partial charge < -0.3 is 20.7 Å². The van der Waals surface area contributed by atoms with E-state index in [0.717, 1.165) is 10.8 Å². The molecule has 3 aromatic carbocycles. The van der Waals surface area contributed by atoms with Gasteiger partial charge in [0, 0.05) is 41.7 Å². The van der Waals surface area contributed by atoms with Crippen LogP contribution in [-0.2, 0) is 19.1 Å². The maximum absolute atomic E-state index is 13.9. The predicted octanol–water partition coefficient (Wildman–Crippen LogP) is 6.49. The highest BCUT2D eigenvalue weighted by atomic mass is 16.5. The van der Waals surface area contributed by atoms with E-state index in [1.807, 2.05) is 69.3 Å². The first-order chi connectivity index (χ1) is 23.0. The zero-order valence-electron chi connectivity index (χ0n) is 27.4. The van der Waals surface area contributed by atoms with E-state index in [4.69, 9.17) is 4.74 Å². The summed E-state index contributed by atoms with van der Waals surface area (Å²) in [6.45, 7) is 6.44. The molecule has 3 amide bonds. The van der Waals surface area contributed by atoms with Gasteiger partial charge in [-0.1, -0.05) is 69.3 Å². The molecule has 5 aromatic rings. The fraction of sp³-hybridized carbons (Fsp3) is 0.263. The van der Waals surface area contributed by atoms with Crippen LogP contribution in [0, 0.1) is 11.3 Å². The molecule has 0 aliphatic heterocycles. The Bertz CT molecular complexity index is 1850. The number of carbonyl (C=O) groups excluding carboxylic acids is 4. The Labute approximate surface area is 279 Å². The number of nitrogens with one attached hydrogen (secondary N) is 3. The molecule has 0 saturated heterocycles. The van der Waals surface area contributed by atoms with Crippen molar-refractivity contribution in [3.05, 3.63) is 108 Å². The average Bonchev–Trinajstić information content (AvgIpc) is 3.07. The Morgan fingerprint density at radius 3 is 1.79 bits per heavy atom. The van der Waals surface area contributed by atoms with E-state index < -0.39 is 17.7 Å². The number of fused-ring (bicyclic) bond motifs is 2. The van der Waals surface area contributed by atoms with E-state index in [-0.39, 0.29) is 23.2 Å². The lowest BCUT2D eigenvalue weighted by Crippen LogP contribution is -2.35. The van der Waals surface area contributed by atoms with Gasteiger partial charge >= 0.3 is 5.97 Å². The molecule has 1 unspecified atom stereocenters. The predicted molar refractivity (Wildman–Crippen MR) is 186 cm³/mol. The van der Waals surface area contributed by atoms with Crippen LogP contribution >= 0.6 is 0 Å². The summed E-state index contributed by atoms with van der Waals surface area (Å²) in [7, 11) is 1.37. The molecule has 246 valence electrons. The Morgan fingerprint density at radius 1 is 0.750 bits per heavy atom.